The fourth-order valence-corrected chi connectivity index (χ4v) is 0.666. The van der Waals surface area contributed by atoms with Crippen molar-refractivity contribution in [3.63, 3.8) is 0 Å². The predicted molar refractivity (Wildman–Crippen MR) is 51.9 cm³/mol. The Balaban J connectivity index is 0. The quantitative estimate of drug-likeness (QED) is 0.698. The molecule has 0 amide bonds. The number of hydrogen-bond donors (Lipinski definition) is 1. The van der Waals surface area contributed by atoms with E-state index in [0.29, 0.717) is 5.69 Å². The number of halogens is 2. The van der Waals surface area contributed by atoms with Crippen molar-refractivity contribution in [3.05, 3.63) is 24.3 Å². The summed E-state index contributed by atoms with van der Waals surface area (Å²) >= 11 is 0. The lowest BCUT2D eigenvalue weighted by molar-refractivity contribution is 0.417. The smallest absolute Gasteiger partial charge is 0.141 e. The molecular weight excluding hydrogens is 185 g/mol. The van der Waals surface area contributed by atoms with Crippen LogP contribution in [0.2, 0.25) is 0 Å². The first kappa shape index (κ1) is 13.0. The van der Waals surface area contributed by atoms with Gasteiger partial charge in [-0.3, -0.25) is 0 Å². The minimum absolute atomic E-state index is 0. The van der Waals surface area contributed by atoms with Crippen LogP contribution in [-0.4, -0.2) is 7.11 Å². The van der Waals surface area contributed by atoms with E-state index >= 15 is 0 Å². The van der Waals surface area contributed by atoms with E-state index in [1.165, 1.54) is 0 Å². The van der Waals surface area contributed by atoms with Crippen LogP contribution < -0.4 is 10.5 Å². The molecule has 1 aromatic rings. The van der Waals surface area contributed by atoms with Gasteiger partial charge in [-0.25, -0.2) is 0 Å². The molecule has 1 rings (SSSR count). The molecule has 0 fully saturated rings. The van der Waals surface area contributed by atoms with E-state index in [9.17, 15) is 0 Å². The van der Waals surface area contributed by atoms with E-state index in [4.69, 9.17) is 10.5 Å². The van der Waals surface area contributed by atoms with Crippen LogP contribution in [-0.2, 0) is 0 Å². The number of hydrogen-bond acceptors (Lipinski definition) is 2. The average molecular weight is 196 g/mol. The minimum Gasteiger partial charge on any atom is -0.495 e. The summed E-state index contributed by atoms with van der Waals surface area (Å²) in [7, 11) is 1.60. The highest BCUT2D eigenvalue weighted by Crippen LogP contribution is 2.18. The van der Waals surface area contributed by atoms with Gasteiger partial charge in [0.15, 0.2) is 0 Å². The van der Waals surface area contributed by atoms with Gasteiger partial charge in [0, 0.05) is 0 Å². The van der Waals surface area contributed by atoms with Crippen LogP contribution in [0, 0.1) is 0 Å². The lowest BCUT2D eigenvalue weighted by atomic mass is 10.3. The molecule has 0 unspecified atom stereocenters. The Morgan fingerprint density at radius 1 is 1.18 bits per heavy atom. The van der Waals surface area contributed by atoms with Gasteiger partial charge >= 0.3 is 0 Å². The van der Waals surface area contributed by atoms with Gasteiger partial charge in [0.05, 0.1) is 12.8 Å². The lowest BCUT2D eigenvalue weighted by Gasteiger charge is -2.00. The van der Waals surface area contributed by atoms with Crippen LogP contribution in [0.25, 0.3) is 0 Å². The summed E-state index contributed by atoms with van der Waals surface area (Å²) in [6.07, 6.45) is 0. The number of nitrogen functional groups attached to an aromatic ring is 1. The molecule has 0 aromatic heterocycles. The van der Waals surface area contributed by atoms with Crippen LogP contribution >= 0.6 is 24.8 Å². The largest absolute Gasteiger partial charge is 0.495 e. The molecule has 0 saturated carbocycles. The summed E-state index contributed by atoms with van der Waals surface area (Å²) in [4.78, 5) is 0. The summed E-state index contributed by atoms with van der Waals surface area (Å²) in [5.74, 6) is 0.734. The summed E-state index contributed by atoms with van der Waals surface area (Å²) in [6, 6.07) is 7.39. The maximum absolute atomic E-state index is 5.51. The van der Waals surface area contributed by atoms with Gasteiger partial charge in [0.1, 0.15) is 5.75 Å². The molecule has 0 aliphatic carbocycles. The fourth-order valence-electron chi connectivity index (χ4n) is 0.666. The van der Waals surface area contributed by atoms with Crippen LogP contribution in [0.15, 0.2) is 24.3 Å². The molecule has 0 aliphatic heterocycles. The SMILES string of the molecule is COc1ccccc1N.Cl.Cl. The number of benzene rings is 1. The summed E-state index contributed by atoms with van der Waals surface area (Å²) in [6.45, 7) is 0. The van der Waals surface area contributed by atoms with Gasteiger partial charge in [-0.2, -0.15) is 0 Å². The van der Waals surface area contributed by atoms with Crippen LogP contribution in [0.4, 0.5) is 5.69 Å². The van der Waals surface area contributed by atoms with Crippen molar-refractivity contribution in [2.24, 2.45) is 0 Å². The highest BCUT2D eigenvalue weighted by molar-refractivity contribution is 5.85. The molecule has 0 atom stereocenters. The molecule has 4 heteroatoms. The zero-order valence-electron chi connectivity index (χ0n) is 6.11. The number of rotatable bonds is 1. The molecule has 0 radical (unpaired) electrons. The van der Waals surface area contributed by atoms with Gasteiger partial charge in [0.2, 0.25) is 0 Å². The molecule has 1 aromatic carbocycles. The molecule has 0 saturated heterocycles. The predicted octanol–water partition coefficient (Wildman–Crippen LogP) is 2.12. The third-order valence-electron chi connectivity index (χ3n) is 1.14. The minimum atomic E-state index is 0. The van der Waals surface area contributed by atoms with Crippen LogP contribution in [0.1, 0.15) is 0 Å². The molecule has 0 bridgehead atoms. The van der Waals surface area contributed by atoms with Crippen molar-refractivity contribution in [1.82, 2.24) is 0 Å². The van der Waals surface area contributed by atoms with E-state index < -0.39 is 0 Å². The first-order valence-corrected chi connectivity index (χ1v) is 2.73. The second kappa shape index (κ2) is 6.13. The van der Waals surface area contributed by atoms with Crippen molar-refractivity contribution in [2.45, 2.75) is 0 Å². The lowest BCUT2D eigenvalue weighted by Crippen LogP contribution is -1.89. The van der Waals surface area contributed by atoms with Crippen molar-refractivity contribution in [2.75, 3.05) is 12.8 Å². The Morgan fingerprint density at radius 2 is 1.73 bits per heavy atom. The number of ether oxygens (including phenoxy) is 1. The number of methoxy groups -OCH3 is 1. The van der Waals surface area contributed by atoms with Crippen molar-refractivity contribution in [3.8, 4) is 5.75 Å². The van der Waals surface area contributed by atoms with E-state index in [1.54, 1.807) is 13.2 Å². The van der Waals surface area contributed by atoms with E-state index in [0.717, 1.165) is 5.75 Å². The summed E-state index contributed by atoms with van der Waals surface area (Å²) in [5.41, 5.74) is 6.19. The van der Waals surface area contributed by atoms with E-state index in [1.807, 2.05) is 18.2 Å². The van der Waals surface area contributed by atoms with E-state index in [-0.39, 0.29) is 24.8 Å². The zero-order valence-corrected chi connectivity index (χ0v) is 7.74. The molecule has 64 valence electrons. The van der Waals surface area contributed by atoms with Gasteiger partial charge in [-0.05, 0) is 12.1 Å². The zero-order chi connectivity index (χ0) is 6.69. The van der Waals surface area contributed by atoms with Gasteiger partial charge in [-0.1, -0.05) is 12.1 Å². The molecule has 0 heterocycles. The van der Waals surface area contributed by atoms with E-state index in [2.05, 4.69) is 0 Å². The third kappa shape index (κ3) is 3.35. The fraction of sp³-hybridized carbons (Fsp3) is 0.143. The maximum atomic E-state index is 5.51. The summed E-state index contributed by atoms with van der Waals surface area (Å²) in [5, 5.41) is 0. The van der Waals surface area contributed by atoms with Gasteiger partial charge < -0.3 is 10.5 Å². The van der Waals surface area contributed by atoms with Crippen LogP contribution in [0.5, 0.6) is 5.75 Å². The first-order chi connectivity index (χ1) is 4.34. The van der Waals surface area contributed by atoms with Crippen molar-refractivity contribution < 1.29 is 4.74 Å². The normalized spacial score (nSPS) is 7.36. The second-order valence-electron chi connectivity index (χ2n) is 1.74. The van der Waals surface area contributed by atoms with Crippen molar-refractivity contribution in [1.29, 1.82) is 0 Å². The Morgan fingerprint density at radius 3 is 2.09 bits per heavy atom. The van der Waals surface area contributed by atoms with Gasteiger partial charge in [0.25, 0.3) is 0 Å². The molecule has 11 heavy (non-hydrogen) atoms. The maximum Gasteiger partial charge on any atom is 0.141 e. The number of nitrogens with two attached hydrogens (primary N) is 1. The Kier molecular flexibility index (Phi) is 7.26. The number of para-hydroxylation sites is 2. The third-order valence-corrected chi connectivity index (χ3v) is 1.14. The highest BCUT2D eigenvalue weighted by atomic mass is 35.5. The highest BCUT2D eigenvalue weighted by Gasteiger charge is 1.91. The van der Waals surface area contributed by atoms with Crippen LogP contribution in [0.3, 0.4) is 0 Å². The van der Waals surface area contributed by atoms with Gasteiger partial charge in [-0.15, -0.1) is 24.8 Å². The number of anilines is 1. The molecular formula is C7H11Cl2NO. The van der Waals surface area contributed by atoms with Crippen molar-refractivity contribution >= 4 is 30.5 Å². The first-order valence-electron chi connectivity index (χ1n) is 2.73. The summed E-state index contributed by atoms with van der Waals surface area (Å²) < 4.78 is 4.92. The molecule has 0 spiro atoms. The molecule has 0 aliphatic rings. The standard InChI is InChI=1S/C7H9NO.2ClH/c1-9-7-5-3-2-4-6(7)8;;/h2-5H,8H2,1H3;2*1H. The Labute approximate surface area is 78.6 Å². The Hall–Kier alpha value is -0.600. The monoisotopic (exact) mass is 195 g/mol. The molecule has 2 N–H and O–H groups in total. The molecule has 2 nitrogen and oxygen atoms in total. The topological polar surface area (TPSA) is 35.2 Å². The average Bonchev–Trinajstić information content (AvgIpc) is 1.89. The second-order valence-corrected chi connectivity index (χ2v) is 1.74. The Bertz CT molecular complexity index is 205.